The van der Waals surface area contributed by atoms with Gasteiger partial charge in [0.1, 0.15) is 22.3 Å². The second kappa shape index (κ2) is 10.3. The van der Waals surface area contributed by atoms with Crippen molar-refractivity contribution in [3.8, 4) is 34.2 Å². The van der Waals surface area contributed by atoms with Gasteiger partial charge in [0.15, 0.2) is 17.5 Å². The molecule has 0 radical (unpaired) electrons. The van der Waals surface area contributed by atoms with Gasteiger partial charge in [-0.2, -0.15) is 0 Å². The molecule has 0 spiro atoms. The average Bonchev–Trinajstić information content (AvgIpc) is 3.75. The van der Waals surface area contributed by atoms with E-state index in [4.69, 9.17) is 23.8 Å². The Balaban J connectivity index is 1.11. The van der Waals surface area contributed by atoms with Crippen molar-refractivity contribution >= 4 is 76.2 Å². The van der Waals surface area contributed by atoms with Gasteiger partial charge < -0.3 is 8.83 Å². The van der Waals surface area contributed by atoms with Crippen LogP contribution < -0.4 is 0 Å². The Morgan fingerprint density at radius 3 is 1.48 bits per heavy atom. The summed E-state index contributed by atoms with van der Waals surface area (Å²) < 4.78 is 12.4. The number of nitrogens with zero attached hydrogens (tertiary/aromatic N) is 3. The molecule has 0 saturated heterocycles. The molecule has 0 aliphatic heterocycles. The Kier molecular flexibility index (Phi) is 5.60. The van der Waals surface area contributed by atoms with E-state index in [9.17, 15) is 0 Å². The maximum Gasteiger partial charge on any atom is 0.164 e. The van der Waals surface area contributed by atoms with E-state index < -0.39 is 0 Å². The van der Waals surface area contributed by atoms with E-state index >= 15 is 0 Å². The standard InChI is InChI=1S/C45H25N3O2/c1-2-8-31-26(7-1)13-19-34-32-18-15-28(23-27(32)14-20-33(31)34)43-46-44(29-17-22-41-38(24-29)36-10-4-6-12-40(36)49-41)48-45(47-43)30-16-21-37-35-9-3-5-11-39(35)50-42(37)25-30/h1-25H. The summed E-state index contributed by atoms with van der Waals surface area (Å²) in [5.74, 6) is 1.77. The van der Waals surface area contributed by atoms with Gasteiger partial charge in [0, 0.05) is 38.2 Å². The Labute approximate surface area is 285 Å². The molecule has 0 aliphatic carbocycles. The second-order valence-electron chi connectivity index (χ2n) is 12.8. The Morgan fingerprint density at radius 1 is 0.280 bits per heavy atom. The van der Waals surface area contributed by atoms with Crippen molar-refractivity contribution in [3.63, 3.8) is 0 Å². The zero-order chi connectivity index (χ0) is 32.8. The summed E-state index contributed by atoms with van der Waals surface area (Å²) in [4.78, 5) is 15.3. The zero-order valence-electron chi connectivity index (χ0n) is 26.6. The Bertz CT molecular complexity index is 3170. The van der Waals surface area contributed by atoms with E-state index in [1.165, 1.54) is 26.9 Å². The number of fused-ring (bicyclic) bond motifs is 11. The van der Waals surface area contributed by atoms with Crippen molar-refractivity contribution < 1.29 is 8.83 Å². The summed E-state index contributed by atoms with van der Waals surface area (Å²) in [6, 6.07) is 52.4. The third kappa shape index (κ3) is 4.10. The van der Waals surface area contributed by atoms with Gasteiger partial charge in [-0.25, -0.2) is 15.0 Å². The molecule has 0 bridgehead atoms. The van der Waals surface area contributed by atoms with Crippen molar-refractivity contribution in [1.82, 2.24) is 15.0 Å². The van der Waals surface area contributed by atoms with Crippen molar-refractivity contribution in [2.45, 2.75) is 0 Å². The molecule has 8 aromatic carbocycles. The van der Waals surface area contributed by atoms with Gasteiger partial charge in [-0.15, -0.1) is 0 Å². The average molecular weight is 640 g/mol. The van der Waals surface area contributed by atoms with E-state index in [0.717, 1.165) is 66.0 Å². The van der Waals surface area contributed by atoms with Crippen molar-refractivity contribution in [1.29, 1.82) is 0 Å². The number of para-hydroxylation sites is 2. The van der Waals surface area contributed by atoms with Gasteiger partial charge in [-0.05, 0) is 80.8 Å². The lowest BCUT2D eigenvalue weighted by Crippen LogP contribution is -2.00. The largest absolute Gasteiger partial charge is 0.456 e. The predicted molar refractivity (Wildman–Crippen MR) is 203 cm³/mol. The maximum atomic E-state index is 6.25. The normalized spacial score (nSPS) is 12.0. The summed E-state index contributed by atoms with van der Waals surface area (Å²) >= 11 is 0. The second-order valence-corrected chi connectivity index (χ2v) is 12.8. The fourth-order valence-corrected chi connectivity index (χ4v) is 7.46. The molecule has 0 fully saturated rings. The van der Waals surface area contributed by atoms with Crippen molar-refractivity contribution in [2.75, 3.05) is 0 Å². The smallest absolute Gasteiger partial charge is 0.164 e. The maximum absolute atomic E-state index is 6.25. The van der Waals surface area contributed by atoms with Crippen LogP contribution in [-0.2, 0) is 0 Å². The quantitative estimate of drug-likeness (QED) is 0.180. The zero-order valence-corrected chi connectivity index (χ0v) is 26.6. The highest BCUT2D eigenvalue weighted by Gasteiger charge is 2.17. The van der Waals surface area contributed by atoms with Crippen LogP contribution in [0.15, 0.2) is 160 Å². The molecule has 0 N–H and O–H groups in total. The number of aromatic nitrogens is 3. The van der Waals surface area contributed by atoms with Crippen LogP contribution in [0, 0.1) is 0 Å². The van der Waals surface area contributed by atoms with Crippen LogP contribution in [0.3, 0.4) is 0 Å². The molecule has 5 nitrogen and oxygen atoms in total. The lowest BCUT2D eigenvalue weighted by molar-refractivity contribution is 0.668. The first kappa shape index (κ1) is 27.1. The summed E-state index contributed by atoms with van der Waals surface area (Å²) in [5, 5.41) is 11.5. The van der Waals surface area contributed by atoms with Gasteiger partial charge in [-0.3, -0.25) is 0 Å². The van der Waals surface area contributed by atoms with E-state index in [2.05, 4.69) is 97.1 Å². The molecule has 3 aromatic heterocycles. The van der Waals surface area contributed by atoms with Crippen LogP contribution in [-0.4, -0.2) is 15.0 Å². The van der Waals surface area contributed by atoms with Gasteiger partial charge in [-0.1, -0.05) is 103 Å². The molecule has 5 heteroatoms. The third-order valence-corrected chi connectivity index (χ3v) is 9.91. The van der Waals surface area contributed by atoms with Crippen LogP contribution in [0.2, 0.25) is 0 Å². The van der Waals surface area contributed by atoms with Gasteiger partial charge in [0.2, 0.25) is 0 Å². The number of rotatable bonds is 3. The number of furan rings is 2. The van der Waals surface area contributed by atoms with Crippen LogP contribution in [0.25, 0.3) is 110 Å². The van der Waals surface area contributed by atoms with E-state index in [1.807, 2.05) is 54.6 Å². The highest BCUT2D eigenvalue weighted by atomic mass is 16.3. The highest BCUT2D eigenvalue weighted by Crippen LogP contribution is 2.36. The highest BCUT2D eigenvalue weighted by molar-refractivity contribution is 6.17. The van der Waals surface area contributed by atoms with E-state index in [0.29, 0.717) is 17.5 Å². The molecule has 0 aliphatic rings. The first-order valence-corrected chi connectivity index (χ1v) is 16.7. The lowest BCUT2D eigenvalue weighted by atomic mass is 9.96. The predicted octanol–water partition coefficient (Wildman–Crippen LogP) is 12.1. The molecule has 0 atom stereocenters. The minimum absolute atomic E-state index is 0.578. The first-order valence-electron chi connectivity index (χ1n) is 16.7. The van der Waals surface area contributed by atoms with E-state index in [1.54, 1.807) is 0 Å². The molecule has 0 unspecified atom stereocenters. The monoisotopic (exact) mass is 639 g/mol. The molecule has 0 amide bonds. The first-order chi connectivity index (χ1) is 24.7. The number of hydrogen-bond acceptors (Lipinski definition) is 5. The van der Waals surface area contributed by atoms with Gasteiger partial charge in [0.25, 0.3) is 0 Å². The lowest BCUT2D eigenvalue weighted by Gasteiger charge is -2.11. The fourth-order valence-electron chi connectivity index (χ4n) is 7.46. The minimum atomic E-state index is 0.578. The molecule has 11 rings (SSSR count). The van der Waals surface area contributed by atoms with Crippen LogP contribution in [0.5, 0.6) is 0 Å². The summed E-state index contributed by atoms with van der Waals surface area (Å²) in [5.41, 5.74) is 5.99. The summed E-state index contributed by atoms with van der Waals surface area (Å²) in [6.45, 7) is 0. The van der Waals surface area contributed by atoms with Gasteiger partial charge >= 0.3 is 0 Å². The molecule has 50 heavy (non-hydrogen) atoms. The number of benzene rings is 8. The van der Waals surface area contributed by atoms with Crippen molar-refractivity contribution in [2.24, 2.45) is 0 Å². The van der Waals surface area contributed by atoms with Crippen LogP contribution in [0.4, 0.5) is 0 Å². The summed E-state index contributed by atoms with van der Waals surface area (Å²) in [7, 11) is 0. The molecule has 232 valence electrons. The number of hydrogen-bond donors (Lipinski definition) is 0. The SMILES string of the molecule is c1ccc2c(c1)ccc1c3ccc(-c4nc(-c5ccc6c(c5)oc5ccccc56)nc(-c5ccc6oc7ccccc7c6c5)n4)cc3ccc21. The molecule has 11 aromatic rings. The Morgan fingerprint density at radius 2 is 0.740 bits per heavy atom. The molecular weight excluding hydrogens is 615 g/mol. The molecular formula is C45H25N3O2. The van der Waals surface area contributed by atoms with Crippen LogP contribution in [0.1, 0.15) is 0 Å². The molecule has 3 heterocycles. The van der Waals surface area contributed by atoms with E-state index in [-0.39, 0.29) is 0 Å². The third-order valence-electron chi connectivity index (χ3n) is 9.91. The fraction of sp³-hybridized carbons (Fsp3) is 0. The Hall–Kier alpha value is -6.85. The topological polar surface area (TPSA) is 65.0 Å². The summed E-state index contributed by atoms with van der Waals surface area (Å²) in [6.07, 6.45) is 0. The van der Waals surface area contributed by atoms with Crippen molar-refractivity contribution in [3.05, 3.63) is 152 Å². The van der Waals surface area contributed by atoms with Crippen LogP contribution >= 0.6 is 0 Å². The van der Waals surface area contributed by atoms with Gasteiger partial charge in [0.05, 0.1) is 0 Å². The molecule has 0 saturated carbocycles. The minimum Gasteiger partial charge on any atom is -0.456 e.